The van der Waals surface area contributed by atoms with Crippen LogP contribution in [0.15, 0.2) is 0 Å². The van der Waals surface area contributed by atoms with Gasteiger partial charge in [-0.25, -0.2) is 0 Å². The highest BCUT2D eigenvalue weighted by Crippen LogP contribution is 2.14. The summed E-state index contributed by atoms with van der Waals surface area (Å²) in [7, 11) is 0. The number of hydrogen-bond donors (Lipinski definition) is 1. The molecule has 0 bridgehead atoms. The lowest BCUT2D eigenvalue weighted by atomic mass is 10.1. The molecule has 1 unspecified atom stereocenters. The van der Waals surface area contributed by atoms with Gasteiger partial charge in [-0.2, -0.15) is 0 Å². The van der Waals surface area contributed by atoms with Gasteiger partial charge in [0, 0.05) is 13.2 Å². The molecule has 1 aliphatic rings. The van der Waals surface area contributed by atoms with Gasteiger partial charge in [0.15, 0.2) is 0 Å². The fraction of sp³-hybridized carbons (Fsp3) is 1.00. The van der Waals surface area contributed by atoms with Gasteiger partial charge in [0.05, 0.1) is 0 Å². The highest BCUT2D eigenvalue weighted by Gasteiger charge is 2.20. The van der Waals surface area contributed by atoms with Gasteiger partial charge in [-0.05, 0) is 31.8 Å². The lowest BCUT2D eigenvalue weighted by molar-refractivity contribution is 0.222. The minimum Gasteiger partial charge on any atom is -0.396 e. The van der Waals surface area contributed by atoms with Crippen molar-refractivity contribution in [2.45, 2.75) is 19.8 Å². The number of aliphatic hydroxyl groups is 1. The van der Waals surface area contributed by atoms with Gasteiger partial charge in [-0.3, -0.25) is 0 Å². The quantitative estimate of drug-likeness (QED) is 0.629. The number of hydrogen-bond acceptors (Lipinski definition) is 2. The summed E-state index contributed by atoms with van der Waals surface area (Å²) in [5.41, 5.74) is 0. The molecular formula is C8H17NO. The molecule has 0 aliphatic carbocycles. The van der Waals surface area contributed by atoms with Crippen LogP contribution < -0.4 is 0 Å². The molecule has 1 fully saturated rings. The Morgan fingerprint density at radius 2 is 2.40 bits per heavy atom. The zero-order chi connectivity index (χ0) is 7.40. The first kappa shape index (κ1) is 8.02. The van der Waals surface area contributed by atoms with Crippen LogP contribution in [0.5, 0.6) is 0 Å². The Labute approximate surface area is 62.8 Å². The third-order valence-corrected chi connectivity index (χ3v) is 2.17. The van der Waals surface area contributed by atoms with Crippen LogP contribution in [-0.4, -0.2) is 36.2 Å². The van der Waals surface area contributed by atoms with Crippen molar-refractivity contribution < 1.29 is 5.11 Å². The lowest BCUT2D eigenvalue weighted by Gasteiger charge is -2.13. The van der Waals surface area contributed by atoms with Crippen LogP contribution in [0.4, 0.5) is 0 Å². The molecule has 60 valence electrons. The van der Waals surface area contributed by atoms with E-state index in [9.17, 15) is 0 Å². The molecular weight excluding hydrogens is 126 g/mol. The maximum atomic E-state index is 8.83. The Morgan fingerprint density at radius 1 is 1.60 bits per heavy atom. The SMILES string of the molecule is CCCN1CCC(CO)C1. The van der Waals surface area contributed by atoms with Crippen LogP contribution >= 0.6 is 0 Å². The van der Waals surface area contributed by atoms with Crippen molar-refractivity contribution in [1.29, 1.82) is 0 Å². The minimum atomic E-state index is 0.375. The van der Waals surface area contributed by atoms with Crippen molar-refractivity contribution in [3.05, 3.63) is 0 Å². The highest BCUT2D eigenvalue weighted by molar-refractivity contribution is 4.73. The molecule has 0 aromatic heterocycles. The first-order chi connectivity index (χ1) is 4.86. The van der Waals surface area contributed by atoms with Gasteiger partial charge in [0.1, 0.15) is 0 Å². The zero-order valence-corrected chi connectivity index (χ0v) is 6.71. The van der Waals surface area contributed by atoms with Crippen molar-refractivity contribution in [2.24, 2.45) is 5.92 Å². The second kappa shape index (κ2) is 3.94. The second-order valence-electron chi connectivity index (χ2n) is 3.14. The summed E-state index contributed by atoms with van der Waals surface area (Å²) in [5.74, 6) is 0.562. The molecule has 1 aliphatic heterocycles. The summed E-state index contributed by atoms with van der Waals surface area (Å²) < 4.78 is 0. The van der Waals surface area contributed by atoms with Gasteiger partial charge in [-0.1, -0.05) is 6.92 Å². The van der Waals surface area contributed by atoms with E-state index >= 15 is 0 Å². The molecule has 0 amide bonds. The van der Waals surface area contributed by atoms with Crippen LogP contribution in [0, 0.1) is 5.92 Å². The molecule has 10 heavy (non-hydrogen) atoms. The Hall–Kier alpha value is -0.0800. The monoisotopic (exact) mass is 143 g/mol. The summed E-state index contributed by atoms with van der Waals surface area (Å²) in [5, 5.41) is 8.83. The fourth-order valence-corrected chi connectivity index (χ4v) is 1.58. The second-order valence-corrected chi connectivity index (χ2v) is 3.14. The minimum absolute atomic E-state index is 0.375. The predicted octanol–water partition coefficient (Wildman–Crippen LogP) is 0.711. The number of rotatable bonds is 3. The van der Waals surface area contributed by atoms with Gasteiger partial charge in [0.2, 0.25) is 0 Å². The molecule has 0 radical (unpaired) electrons. The maximum absolute atomic E-state index is 8.83. The lowest BCUT2D eigenvalue weighted by Crippen LogP contribution is -2.22. The van der Waals surface area contributed by atoms with E-state index in [0.717, 1.165) is 6.54 Å². The molecule has 2 heteroatoms. The molecule has 2 nitrogen and oxygen atoms in total. The summed E-state index contributed by atoms with van der Waals surface area (Å²) >= 11 is 0. The average Bonchev–Trinajstić information content (AvgIpc) is 2.37. The van der Waals surface area contributed by atoms with Crippen molar-refractivity contribution in [2.75, 3.05) is 26.2 Å². The van der Waals surface area contributed by atoms with E-state index in [1.807, 2.05) is 0 Å². The highest BCUT2D eigenvalue weighted by atomic mass is 16.3. The van der Waals surface area contributed by atoms with Crippen LogP contribution in [0.25, 0.3) is 0 Å². The van der Waals surface area contributed by atoms with Crippen LogP contribution in [0.1, 0.15) is 19.8 Å². The molecule has 0 spiro atoms. The number of aliphatic hydroxyl groups excluding tert-OH is 1. The Morgan fingerprint density at radius 3 is 2.90 bits per heavy atom. The smallest absolute Gasteiger partial charge is 0.0471 e. The van der Waals surface area contributed by atoms with Crippen LogP contribution in [-0.2, 0) is 0 Å². The molecule has 1 heterocycles. The van der Waals surface area contributed by atoms with E-state index in [-0.39, 0.29) is 0 Å². The molecule has 0 aromatic carbocycles. The Kier molecular flexibility index (Phi) is 3.16. The maximum Gasteiger partial charge on any atom is 0.0471 e. The number of nitrogens with zero attached hydrogens (tertiary/aromatic N) is 1. The fourth-order valence-electron chi connectivity index (χ4n) is 1.58. The summed E-state index contributed by atoms with van der Waals surface area (Å²) in [4.78, 5) is 2.43. The van der Waals surface area contributed by atoms with Gasteiger partial charge in [-0.15, -0.1) is 0 Å². The molecule has 1 saturated heterocycles. The number of likely N-dealkylation sites (tertiary alicyclic amines) is 1. The third kappa shape index (κ3) is 1.96. The van der Waals surface area contributed by atoms with Gasteiger partial charge < -0.3 is 10.0 Å². The average molecular weight is 143 g/mol. The van der Waals surface area contributed by atoms with Crippen molar-refractivity contribution in [3.63, 3.8) is 0 Å². The predicted molar refractivity (Wildman–Crippen MR) is 41.9 cm³/mol. The van der Waals surface area contributed by atoms with Crippen molar-refractivity contribution >= 4 is 0 Å². The van der Waals surface area contributed by atoms with E-state index < -0.39 is 0 Å². The van der Waals surface area contributed by atoms with Crippen molar-refractivity contribution in [3.8, 4) is 0 Å². The van der Waals surface area contributed by atoms with Crippen LogP contribution in [0.2, 0.25) is 0 Å². The summed E-state index contributed by atoms with van der Waals surface area (Å²) in [6.07, 6.45) is 2.43. The first-order valence-corrected chi connectivity index (χ1v) is 4.20. The van der Waals surface area contributed by atoms with E-state index in [4.69, 9.17) is 5.11 Å². The molecule has 1 N–H and O–H groups in total. The summed E-state index contributed by atoms with van der Waals surface area (Å²) in [6, 6.07) is 0. The molecule has 0 saturated carbocycles. The van der Waals surface area contributed by atoms with E-state index in [2.05, 4.69) is 11.8 Å². The largest absolute Gasteiger partial charge is 0.396 e. The molecule has 1 rings (SSSR count). The van der Waals surface area contributed by atoms with Crippen LogP contribution in [0.3, 0.4) is 0 Å². The third-order valence-electron chi connectivity index (χ3n) is 2.17. The standard InChI is InChI=1S/C8H17NO/c1-2-4-9-5-3-8(6-9)7-10/h8,10H,2-7H2,1H3. The topological polar surface area (TPSA) is 23.5 Å². The summed E-state index contributed by atoms with van der Waals surface area (Å²) in [6.45, 7) is 6.09. The van der Waals surface area contributed by atoms with E-state index in [0.29, 0.717) is 12.5 Å². The normalized spacial score (nSPS) is 27.6. The van der Waals surface area contributed by atoms with Crippen molar-refractivity contribution in [1.82, 2.24) is 4.90 Å². The first-order valence-electron chi connectivity index (χ1n) is 4.20. The van der Waals surface area contributed by atoms with E-state index in [1.165, 1.54) is 25.9 Å². The molecule has 0 aromatic rings. The van der Waals surface area contributed by atoms with Gasteiger partial charge >= 0.3 is 0 Å². The molecule has 1 atom stereocenters. The zero-order valence-electron chi connectivity index (χ0n) is 6.71. The Balaban J connectivity index is 2.15. The van der Waals surface area contributed by atoms with E-state index in [1.54, 1.807) is 0 Å². The van der Waals surface area contributed by atoms with Gasteiger partial charge in [0.25, 0.3) is 0 Å². The Bertz CT molecular complexity index is 95.3.